The van der Waals surface area contributed by atoms with E-state index in [9.17, 15) is 0 Å². The van der Waals surface area contributed by atoms with Crippen LogP contribution in [0.5, 0.6) is 0 Å². The van der Waals surface area contributed by atoms with Gasteiger partial charge in [0.1, 0.15) is 0 Å². The molecule has 0 N–H and O–H groups in total. The number of allylic oxidation sites excluding steroid dienone is 18. The molecule has 0 nitrogen and oxygen atoms in total. The van der Waals surface area contributed by atoms with Crippen molar-refractivity contribution in [3.63, 3.8) is 0 Å². The van der Waals surface area contributed by atoms with E-state index in [1.807, 2.05) is 91.1 Å². The highest BCUT2D eigenvalue weighted by Crippen LogP contribution is 1.93. The molecule has 0 saturated heterocycles. The SMILES string of the molecule is [C]1=C/C=C\C=C\C=C\C=C\C=C/C=C/C=C/C=C\CC/1. The van der Waals surface area contributed by atoms with E-state index in [0.717, 1.165) is 12.8 Å². The molecule has 1 radical (unpaired) electrons. The second-order valence-electron chi connectivity index (χ2n) is 4.03. The Morgan fingerprint density at radius 1 is 0.450 bits per heavy atom. The summed E-state index contributed by atoms with van der Waals surface area (Å²) in [7, 11) is 0. The Morgan fingerprint density at radius 2 is 0.850 bits per heavy atom. The maximum absolute atomic E-state index is 3.23. The summed E-state index contributed by atoms with van der Waals surface area (Å²) in [6.45, 7) is 0. The lowest BCUT2D eigenvalue weighted by atomic mass is 10.2. The molecule has 0 aromatic heterocycles. The highest BCUT2D eigenvalue weighted by Gasteiger charge is 1.74. The van der Waals surface area contributed by atoms with Crippen LogP contribution in [0, 0.1) is 6.08 Å². The summed E-state index contributed by atoms with van der Waals surface area (Å²) >= 11 is 0. The van der Waals surface area contributed by atoms with Crippen molar-refractivity contribution < 1.29 is 0 Å². The molecule has 1 aliphatic carbocycles. The van der Waals surface area contributed by atoms with E-state index in [1.165, 1.54) is 0 Å². The van der Waals surface area contributed by atoms with E-state index in [1.54, 1.807) is 0 Å². The van der Waals surface area contributed by atoms with Gasteiger partial charge in [-0.3, -0.25) is 0 Å². The lowest BCUT2D eigenvalue weighted by molar-refractivity contribution is 1.03. The molecule has 0 aliphatic heterocycles. The molecule has 0 bridgehead atoms. The normalized spacial score (nSPS) is 31.2. The van der Waals surface area contributed by atoms with E-state index in [2.05, 4.69) is 18.2 Å². The lowest BCUT2D eigenvalue weighted by Crippen LogP contribution is -1.64. The van der Waals surface area contributed by atoms with Gasteiger partial charge in [-0.25, -0.2) is 0 Å². The van der Waals surface area contributed by atoms with Gasteiger partial charge in [0.15, 0.2) is 0 Å². The molecule has 1 rings (SSSR count). The van der Waals surface area contributed by atoms with Crippen LogP contribution < -0.4 is 0 Å². The van der Waals surface area contributed by atoms with Crippen LogP contribution in [-0.2, 0) is 0 Å². The number of hydrogen-bond acceptors (Lipinski definition) is 0. The second-order valence-corrected chi connectivity index (χ2v) is 4.03. The van der Waals surface area contributed by atoms with Gasteiger partial charge in [0.25, 0.3) is 0 Å². The standard InChI is InChI=1S/C20H21/c1-2-4-6-8-10-12-14-16-18-20-19-17-15-13-11-9-7-5-3-1/h1-17H,18,20H2/b3-1+,4-2-,7-5+,8-6+,11-9+,12-10+,15-13-,16-14-,19-17?. The Hall–Kier alpha value is -2.34. The smallest absolute Gasteiger partial charge is 0.0241 e. The zero-order valence-electron chi connectivity index (χ0n) is 11.7. The molecule has 0 aromatic rings. The predicted octanol–water partition coefficient (Wildman–Crippen LogP) is 5.59. The monoisotopic (exact) mass is 261 g/mol. The van der Waals surface area contributed by atoms with Crippen molar-refractivity contribution >= 4 is 0 Å². The van der Waals surface area contributed by atoms with E-state index < -0.39 is 0 Å². The molecule has 0 amide bonds. The third-order valence-electron chi connectivity index (χ3n) is 2.36. The predicted molar refractivity (Wildman–Crippen MR) is 90.2 cm³/mol. The van der Waals surface area contributed by atoms with Crippen LogP contribution in [-0.4, -0.2) is 0 Å². The molecule has 0 unspecified atom stereocenters. The highest BCUT2D eigenvalue weighted by molar-refractivity contribution is 5.21. The topological polar surface area (TPSA) is 0 Å². The first-order chi connectivity index (χ1) is 10.0. The van der Waals surface area contributed by atoms with Crippen molar-refractivity contribution in [3.05, 3.63) is 109 Å². The van der Waals surface area contributed by atoms with Crippen molar-refractivity contribution in [2.75, 3.05) is 0 Å². The van der Waals surface area contributed by atoms with Crippen LogP contribution in [0.3, 0.4) is 0 Å². The summed E-state index contributed by atoms with van der Waals surface area (Å²) < 4.78 is 0. The Balaban J connectivity index is 2.59. The molecular formula is C20H21. The largest absolute Gasteiger partial charge is 0.0842 e. The van der Waals surface area contributed by atoms with Crippen LogP contribution in [0.15, 0.2) is 103 Å². The summed E-state index contributed by atoms with van der Waals surface area (Å²) in [6, 6.07) is 0. The van der Waals surface area contributed by atoms with Gasteiger partial charge < -0.3 is 0 Å². The van der Waals surface area contributed by atoms with Gasteiger partial charge in [-0.2, -0.15) is 0 Å². The van der Waals surface area contributed by atoms with Crippen LogP contribution in [0.2, 0.25) is 0 Å². The maximum Gasteiger partial charge on any atom is -0.0241 e. The first kappa shape index (κ1) is 15.7. The maximum atomic E-state index is 3.23. The molecule has 0 heterocycles. The zero-order chi connectivity index (χ0) is 14.1. The molecule has 0 fully saturated rings. The Morgan fingerprint density at radius 3 is 1.35 bits per heavy atom. The third kappa shape index (κ3) is 10.8. The molecule has 0 saturated carbocycles. The molecule has 1 aliphatic rings. The molecule has 20 heavy (non-hydrogen) atoms. The fourth-order valence-electron chi connectivity index (χ4n) is 1.38. The molecule has 0 spiro atoms. The first-order valence-electron chi connectivity index (χ1n) is 6.88. The first-order valence-corrected chi connectivity index (χ1v) is 6.88. The fraction of sp³-hybridized carbons (Fsp3) is 0.100. The van der Waals surface area contributed by atoms with Gasteiger partial charge >= 0.3 is 0 Å². The van der Waals surface area contributed by atoms with E-state index in [0.29, 0.717) is 0 Å². The van der Waals surface area contributed by atoms with Crippen molar-refractivity contribution in [1.29, 1.82) is 0 Å². The van der Waals surface area contributed by atoms with Gasteiger partial charge in [-0.05, 0) is 18.9 Å². The minimum absolute atomic E-state index is 0.946. The minimum atomic E-state index is 0.946. The third-order valence-corrected chi connectivity index (χ3v) is 2.36. The molecule has 0 aromatic carbocycles. The summed E-state index contributed by atoms with van der Waals surface area (Å²) in [6.07, 6.45) is 39.5. The molecule has 0 atom stereocenters. The van der Waals surface area contributed by atoms with Gasteiger partial charge in [0.05, 0.1) is 0 Å². The highest BCUT2D eigenvalue weighted by atomic mass is 13.8. The quantitative estimate of drug-likeness (QED) is 0.533. The van der Waals surface area contributed by atoms with Crippen molar-refractivity contribution in [2.45, 2.75) is 12.8 Å². The Bertz CT molecular complexity index is 440. The van der Waals surface area contributed by atoms with Gasteiger partial charge in [0, 0.05) is 0 Å². The number of rotatable bonds is 0. The zero-order valence-corrected chi connectivity index (χ0v) is 11.7. The summed E-state index contributed by atoms with van der Waals surface area (Å²) in [5, 5.41) is 0. The van der Waals surface area contributed by atoms with E-state index >= 15 is 0 Å². The molecule has 0 heteroatoms. The minimum Gasteiger partial charge on any atom is -0.0842 e. The van der Waals surface area contributed by atoms with Crippen molar-refractivity contribution in [3.8, 4) is 0 Å². The van der Waals surface area contributed by atoms with Gasteiger partial charge in [0.2, 0.25) is 0 Å². The Labute approximate surface area is 122 Å². The van der Waals surface area contributed by atoms with Gasteiger partial charge in [-0.15, -0.1) is 0 Å². The van der Waals surface area contributed by atoms with Crippen molar-refractivity contribution in [1.82, 2.24) is 0 Å². The lowest BCUT2D eigenvalue weighted by Gasteiger charge is -1.83. The second kappa shape index (κ2) is 13.1. The van der Waals surface area contributed by atoms with E-state index in [4.69, 9.17) is 0 Å². The summed E-state index contributed by atoms with van der Waals surface area (Å²) in [5.74, 6) is 0. The average molecular weight is 261 g/mol. The fourth-order valence-corrected chi connectivity index (χ4v) is 1.38. The average Bonchev–Trinajstić information content (AvgIpc) is 2.46. The number of hydrogen-bond donors (Lipinski definition) is 0. The van der Waals surface area contributed by atoms with Crippen LogP contribution >= 0.6 is 0 Å². The van der Waals surface area contributed by atoms with E-state index in [-0.39, 0.29) is 0 Å². The molecular weight excluding hydrogens is 240 g/mol. The van der Waals surface area contributed by atoms with Crippen LogP contribution in [0.25, 0.3) is 0 Å². The van der Waals surface area contributed by atoms with Crippen LogP contribution in [0.4, 0.5) is 0 Å². The molecule has 101 valence electrons. The Kier molecular flexibility index (Phi) is 10.3. The summed E-state index contributed by atoms with van der Waals surface area (Å²) in [5.41, 5.74) is 0. The van der Waals surface area contributed by atoms with Gasteiger partial charge in [-0.1, -0.05) is 103 Å². The van der Waals surface area contributed by atoms with Crippen molar-refractivity contribution in [2.24, 2.45) is 0 Å². The summed E-state index contributed by atoms with van der Waals surface area (Å²) in [4.78, 5) is 0. The van der Waals surface area contributed by atoms with Crippen LogP contribution in [0.1, 0.15) is 12.8 Å².